The van der Waals surface area contributed by atoms with Crippen LogP contribution in [-0.2, 0) is 25.6 Å². The van der Waals surface area contributed by atoms with Gasteiger partial charge in [0, 0.05) is 24.9 Å². The van der Waals surface area contributed by atoms with Gasteiger partial charge in [-0.25, -0.2) is 9.78 Å². The van der Waals surface area contributed by atoms with Crippen LogP contribution in [0, 0.1) is 11.8 Å². The summed E-state index contributed by atoms with van der Waals surface area (Å²) in [5, 5.41) is 17.4. The van der Waals surface area contributed by atoms with E-state index in [0.717, 1.165) is 0 Å². The van der Waals surface area contributed by atoms with Crippen molar-refractivity contribution in [2.75, 3.05) is 6.54 Å². The molecule has 0 aromatic carbocycles. The number of aliphatic carboxylic acids is 1. The van der Waals surface area contributed by atoms with E-state index in [1.807, 2.05) is 27.7 Å². The molecule has 0 bridgehead atoms. The average molecular weight is 538 g/mol. The number of imidazole rings is 1. The van der Waals surface area contributed by atoms with Crippen molar-refractivity contribution in [2.24, 2.45) is 34.0 Å². The van der Waals surface area contributed by atoms with Gasteiger partial charge in [0.05, 0.1) is 12.4 Å². The molecular weight excluding hydrogens is 494 g/mol. The minimum Gasteiger partial charge on any atom is -0.480 e. The molecule has 14 heteroatoms. The van der Waals surface area contributed by atoms with Gasteiger partial charge in [-0.3, -0.25) is 19.4 Å². The van der Waals surface area contributed by atoms with Gasteiger partial charge in [0.25, 0.3) is 0 Å². The lowest BCUT2D eigenvalue weighted by molar-refractivity contribution is -0.142. The van der Waals surface area contributed by atoms with Gasteiger partial charge in [0.2, 0.25) is 17.7 Å². The summed E-state index contributed by atoms with van der Waals surface area (Å²) < 4.78 is 0. The number of aliphatic imine (C=N–C) groups is 1. The van der Waals surface area contributed by atoms with Gasteiger partial charge in [-0.1, -0.05) is 27.7 Å². The van der Waals surface area contributed by atoms with Crippen molar-refractivity contribution >= 4 is 29.7 Å². The molecule has 214 valence electrons. The van der Waals surface area contributed by atoms with Gasteiger partial charge in [-0.05, 0) is 37.5 Å². The van der Waals surface area contributed by atoms with Crippen LogP contribution in [0.4, 0.5) is 0 Å². The van der Waals surface area contributed by atoms with E-state index >= 15 is 0 Å². The van der Waals surface area contributed by atoms with E-state index in [1.165, 1.54) is 12.5 Å². The van der Waals surface area contributed by atoms with E-state index < -0.39 is 47.9 Å². The maximum absolute atomic E-state index is 13.3. The van der Waals surface area contributed by atoms with E-state index in [9.17, 15) is 24.3 Å². The van der Waals surface area contributed by atoms with Crippen LogP contribution in [0.2, 0.25) is 0 Å². The van der Waals surface area contributed by atoms with Crippen molar-refractivity contribution in [3.8, 4) is 0 Å². The Morgan fingerprint density at radius 3 is 2.03 bits per heavy atom. The zero-order chi connectivity index (χ0) is 28.8. The van der Waals surface area contributed by atoms with Crippen molar-refractivity contribution in [1.29, 1.82) is 0 Å². The first kappa shape index (κ1) is 32.3. The number of carbonyl (C=O) groups excluding carboxylic acids is 3. The third-order valence-electron chi connectivity index (χ3n) is 5.58. The van der Waals surface area contributed by atoms with Crippen LogP contribution in [-0.4, -0.2) is 75.4 Å². The molecule has 1 heterocycles. The maximum atomic E-state index is 13.3. The number of nitrogens with one attached hydrogen (secondary N) is 4. The van der Waals surface area contributed by atoms with E-state index in [0.29, 0.717) is 31.5 Å². The molecule has 0 saturated carbocycles. The highest BCUT2D eigenvalue weighted by molar-refractivity contribution is 5.94. The van der Waals surface area contributed by atoms with E-state index in [4.69, 9.17) is 17.2 Å². The third-order valence-corrected chi connectivity index (χ3v) is 5.58. The molecule has 14 nitrogen and oxygen atoms in total. The molecule has 0 aliphatic heterocycles. The Balaban J connectivity index is 2.99. The molecule has 0 fully saturated rings. The monoisotopic (exact) mass is 537 g/mol. The summed E-state index contributed by atoms with van der Waals surface area (Å²) in [5.41, 5.74) is 17.1. The lowest BCUT2D eigenvalue weighted by atomic mass is 10.0. The van der Waals surface area contributed by atoms with Crippen LogP contribution < -0.4 is 33.2 Å². The SMILES string of the molecule is CC(C)CC(NC(=O)C(Cc1cnc[nH]1)NC(=O)C(CC(C)C)NC(=O)C(N)CCCN=C(N)N)C(=O)O. The summed E-state index contributed by atoms with van der Waals surface area (Å²) in [6, 6.07) is -4.08. The van der Waals surface area contributed by atoms with Crippen LogP contribution in [0.15, 0.2) is 17.5 Å². The number of aromatic amines is 1. The van der Waals surface area contributed by atoms with Crippen molar-refractivity contribution in [2.45, 2.75) is 84.0 Å². The van der Waals surface area contributed by atoms with E-state index in [1.54, 1.807) is 0 Å². The normalized spacial score (nSPS) is 14.3. The number of amides is 3. The van der Waals surface area contributed by atoms with Gasteiger partial charge in [0.15, 0.2) is 5.96 Å². The highest BCUT2D eigenvalue weighted by Crippen LogP contribution is 2.09. The van der Waals surface area contributed by atoms with Crippen molar-refractivity contribution in [3.63, 3.8) is 0 Å². The van der Waals surface area contributed by atoms with Crippen LogP contribution >= 0.6 is 0 Å². The van der Waals surface area contributed by atoms with Crippen molar-refractivity contribution in [1.82, 2.24) is 25.9 Å². The second kappa shape index (κ2) is 16.2. The van der Waals surface area contributed by atoms with Crippen LogP contribution in [0.3, 0.4) is 0 Å². The molecule has 38 heavy (non-hydrogen) atoms. The van der Waals surface area contributed by atoms with Crippen LogP contribution in [0.5, 0.6) is 0 Å². The highest BCUT2D eigenvalue weighted by atomic mass is 16.4. The molecule has 1 rings (SSSR count). The maximum Gasteiger partial charge on any atom is 0.326 e. The van der Waals surface area contributed by atoms with E-state index in [2.05, 4.69) is 30.9 Å². The number of guanidine groups is 1. The number of carbonyl (C=O) groups is 4. The van der Waals surface area contributed by atoms with Crippen molar-refractivity contribution < 1.29 is 24.3 Å². The largest absolute Gasteiger partial charge is 0.480 e. The fraction of sp³-hybridized carbons (Fsp3) is 0.667. The number of carboxylic acids is 1. The number of hydrogen-bond donors (Lipinski definition) is 8. The molecule has 4 atom stereocenters. The zero-order valence-electron chi connectivity index (χ0n) is 22.6. The third kappa shape index (κ3) is 12.5. The minimum absolute atomic E-state index is 0.0198. The summed E-state index contributed by atoms with van der Waals surface area (Å²) in [5.74, 6) is -2.94. The quantitative estimate of drug-likeness (QED) is 0.0686. The number of carboxylic acid groups (broad SMARTS) is 1. The van der Waals surface area contributed by atoms with Crippen LogP contribution in [0.25, 0.3) is 0 Å². The summed E-state index contributed by atoms with van der Waals surface area (Å²) in [4.78, 5) is 61.4. The zero-order valence-corrected chi connectivity index (χ0v) is 22.6. The Bertz CT molecular complexity index is 930. The Morgan fingerprint density at radius 1 is 0.947 bits per heavy atom. The van der Waals surface area contributed by atoms with E-state index in [-0.39, 0.29) is 30.6 Å². The first-order chi connectivity index (χ1) is 17.8. The Hall–Kier alpha value is -3.68. The minimum atomic E-state index is -1.17. The Labute approximate surface area is 223 Å². The second-order valence-electron chi connectivity index (χ2n) is 10.1. The topological polar surface area (TPSA) is 244 Å². The van der Waals surface area contributed by atoms with Crippen molar-refractivity contribution in [3.05, 3.63) is 18.2 Å². The highest BCUT2D eigenvalue weighted by Gasteiger charge is 2.31. The average Bonchev–Trinajstić information content (AvgIpc) is 3.32. The predicted molar refractivity (Wildman–Crippen MR) is 143 cm³/mol. The second-order valence-corrected chi connectivity index (χ2v) is 10.1. The lowest BCUT2D eigenvalue weighted by Crippen LogP contribution is -2.58. The van der Waals surface area contributed by atoms with Gasteiger partial charge >= 0.3 is 5.97 Å². The number of rotatable bonds is 17. The fourth-order valence-electron chi connectivity index (χ4n) is 3.70. The number of hydrogen-bond acceptors (Lipinski definition) is 7. The molecule has 1 aromatic heterocycles. The molecule has 4 unspecified atom stereocenters. The smallest absolute Gasteiger partial charge is 0.326 e. The van der Waals surface area contributed by atoms with Gasteiger partial charge < -0.3 is 43.2 Å². The molecular formula is C24H43N9O5. The van der Waals surface area contributed by atoms with Gasteiger partial charge in [0.1, 0.15) is 18.1 Å². The summed E-state index contributed by atoms with van der Waals surface area (Å²) in [6.45, 7) is 7.78. The molecule has 0 aliphatic rings. The molecule has 11 N–H and O–H groups in total. The number of H-pyrrole nitrogens is 1. The first-order valence-corrected chi connectivity index (χ1v) is 12.7. The summed E-state index contributed by atoms with van der Waals surface area (Å²) >= 11 is 0. The lowest BCUT2D eigenvalue weighted by Gasteiger charge is -2.26. The number of nitrogens with zero attached hydrogens (tertiary/aromatic N) is 2. The molecule has 3 amide bonds. The fourth-order valence-corrected chi connectivity index (χ4v) is 3.70. The molecule has 0 radical (unpaired) electrons. The molecule has 0 aliphatic carbocycles. The molecule has 0 spiro atoms. The van der Waals surface area contributed by atoms with Gasteiger partial charge in [-0.15, -0.1) is 0 Å². The predicted octanol–water partition coefficient (Wildman–Crippen LogP) is -1.04. The Morgan fingerprint density at radius 2 is 1.50 bits per heavy atom. The first-order valence-electron chi connectivity index (χ1n) is 12.7. The van der Waals surface area contributed by atoms with Crippen LogP contribution in [0.1, 0.15) is 59.1 Å². The molecule has 1 aromatic rings. The number of nitrogens with two attached hydrogens (primary N) is 3. The molecule has 0 saturated heterocycles. The van der Waals surface area contributed by atoms with Gasteiger partial charge in [-0.2, -0.15) is 0 Å². The summed E-state index contributed by atoms with van der Waals surface area (Å²) in [7, 11) is 0. The number of aromatic nitrogens is 2. The Kier molecular flexibility index (Phi) is 13.8. The standard InChI is InChI=1S/C24H43N9O5/c1-13(2)8-17(31-20(34)16(25)6-5-7-29-24(26)27)21(35)32-18(10-15-11-28-12-30-15)22(36)33-19(23(37)38)9-14(3)4/h11-14,16-19H,5-10,25H2,1-4H3,(H,28,30)(H,31,34)(H,32,35)(H,33,36)(H,37,38)(H4,26,27,29). The summed E-state index contributed by atoms with van der Waals surface area (Å²) in [6.07, 6.45) is 4.27.